The first-order chi connectivity index (χ1) is 13.3. The molecule has 3 aromatic rings. The van der Waals surface area contributed by atoms with Gasteiger partial charge >= 0.3 is 6.18 Å². The lowest BCUT2D eigenvalue weighted by atomic mass is 10.2. The van der Waals surface area contributed by atoms with Gasteiger partial charge in [-0.25, -0.2) is 4.39 Å². The molecule has 1 aromatic heterocycles. The maximum atomic E-state index is 13.2. The van der Waals surface area contributed by atoms with Crippen LogP contribution in [0, 0.1) is 5.82 Å². The lowest BCUT2D eigenvalue weighted by Gasteiger charge is -2.11. The Morgan fingerprint density at radius 2 is 1.71 bits per heavy atom. The predicted molar refractivity (Wildman–Crippen MR) is 96.5 cm³/mol. The molecule has 5 nitrogen and oxygen atoms in total. The van der Waals surface area contributed by atoms with E-state index < -0.39 is 24.4 Å². The van der Waals surface area contributed by atoms with Crippen molar-refractivity contribution in [2.24, 2.45) is 0 Å². The van der Waals surface area contributed by atoms with Crippen molar-refractivity contribution in [3.05, 3.63) is 60.4 Å². The topological polar surface area (TPSA) is 59.8 Å². The van der Waals surface area contributed by atoms with E-state index in [1.807, 2.05) is 11.4 Å². The highest BCUT2D eigenvalue weighted by molar-refractivity contribution is 7.99. The molecule has 0 bridgehead atoms. The number of carbonyl (C=O) groups is 1. The zero-order chi connectivity index (χ0) is 20.1. The second-order valence-electron chi connectivity index (χ2n) is 5.66. The molecule has 0 unspecified atom stereocenters. The second-order valence-corrected chi connectivity index (χ2v) is 6.61. The second kappa shape index (κ2) is 8.42. The molecule has 3 rings (SSSR count). The SMILES string of the molecule is O=C(CSc1nnc(-c2ccc(F)cc2)n1-c1ccccc1)NCC(F)(F)F. The molecule has 0 saturated heterocycles. The third-order valence-electron chi connectivity index (χ3n) is 3.57. The Balaban J connectivity index is 1.85. The lowest BCUT2D eigenvalue weighted by Crippen LogP contribution is -2.34. The van der Waals surface area contributed by atoms with Gasteiger partial charge in [0.05, 0.1) is 5.75 Å². The van der Waals surface area contributed by atoms with Crippen LogP contribution in [0.1, 0.15) is 0 Å². The smallest absolute Gasteiger partial charge is 0.346 e. The van der Waals surface area contributed by atoms with Gasteiger partial charge in [0.25, 0.3) is 0 Å². The van der Waals surface area contributed by atoms with Gasteiger partial charge in [0.15, 0.2) is 11.0 Å². The van der Waals surface area contributed by atoms with Crippen LogP contribution in [-0.2, 0) is 4.79 Å². The number of hydrogen-bond donors (Lipinski definition) is 1. The highest BCUT2D eigenvalue weighted by Crippen LogP contribution is 2.28. The fraction of sp³-hybridized carbons (Fsp3) is 0.167. The number of halogens is 4. The minimum absolute atomic E-state index is 0.259. The largest absolute Gasteiger partial charge is 0.405 e. The average molecular weight is 410 g/mol. The molecule has 0 aliphatic heterocycles. The van der Waals surface area contributed by atoms with Crippen molar-refractivity contribution in [2.45, 2.75) is 11.3 Å². The Bertz CT molecular complexity index is 942. The van der Waals surface area contributed by atoms with Crippen molar-refractivity contribution in [2.75, 3.05) is 12.3 Å². The minimum Gasteiger partial charge on any atom is -0.346 e. The number of para-hydroxylation sites is 1. The fourth-order valence-corrected chi connectivity index (χ4v) is 3.12. The molecule has 0 saturated carbocycles. The standard InChI is InChI=1S/C18H14F4N4OS/c19-13-8-6-12(7-9-13)16-24-25-17(26(16)14-4-2-1-3-5-14)28-10-15(27)23-11-18(20,21)22/h1-9H,10-11H2,(H,23,27). The molecule has 0 fully saturated rings. The van der Waals surface area contributed by atoms with E-state index in [1.165, 1.54) is 12.1 Å². The summed E-state index contributed by atoms with van der Waals surface area (Å²) in [4.78, 5) is 11.7. The van der Waals surface area contributed by atoms with E-state index in [9.17, 15) is 22.4 Å². The van der Waals surface area contributed by atoms with Crippen LogP contribution < -0.4 is 5.32 Å². The van der Waals surface area contributed by atoms with Crippen molar-refractivity contribution < 1.29 is 22.4 Å². The Morgan fingerprint density at radius 3 is 2.36 bits per heavy atom. The Kier molecular flexibility index (Phi) is 5.98. The number of carbonyl (C=O) groups excluding carboxylic acids is 1. The monoisotopic (exact) mass is 410 g/mol. The highest BCUT2D eigenvalue weighted by atomic mass is 32.2. The van der Waals surface area contributed by atoms with Gasteiger partial charge in [-0.05, 0) is 36.4 Å². The number of alkyl halides is 3. The Hall–Kier alpha value is -2.88. The van der Waals surface area contributed by atoms with Crippen LogP contribution in [-0.4, -0.2) is 39.1 Å². The highest BCUT2D eigenvalue weighted by Gasteiger charge is 2.27. The van der Waals surface area contributed by atoms with Crippen LogP contribution in [0.4, 0.5) is 17.6 Å². The van der Waals surface area contributed by atoms with Gasteiger partial charge in [-0.1, -0.05) is 30.0 Å². The van der Waals surface area contributed by atoms with Crippen LogP contribution >= 0.6 is 11.8 Å². The summed E-state index contributed by atoms with van der Waals surface area (Å²) in [6.45, 7) is -1.39. The van der Waals surface area contributed by atoms with Crippen molar-refractivity contribution in [1.29, 1.82) is 0 Å². The molecule has 1 amide bonds. The van der Waals surface area contributed by atoms with Gasteiger partial charge in [-0.2, -0.15) is 13.2 Å². The van der Waals surface area contributed by atoms with Gasteiger partial charge in [-0.15, -0.1) is 10.2 Å². The molecule has 28 heavy (non-hydrogen) atoms. The van der Waals surface area contributed by atoms with Crippen molar-refractivity contribution in [1.82, 2.24) is 20.1 Å². The lowest BCUT2D eigenvalue weighted by molar-refractivity contribution is -0.136. The van der Waals surface area contributed by atoms with Gasteiger partial charge < -0.3 is 5.32 Å². The summed E-state index contributed by atoms with van der Waals surface area (Å²) in [7, 11) is 0. The summed E-state index contributed by atoms with van der Waals surface area (Å²) in [6.07, 6.45) is -4.47. The minimum atomic E-state index is -4.47. The van der Waals surface area contributed by atoms with E-state index in [2.05, 4.69) is 10.2 Å². The van der Waals surface area contributed by atoms with Crippen molar-refractivity contribution in [3.8, 4) is 17.1 Å². The predicted octanol–water partition coefficient (Wildman–Crippen LogP) is 3.84. The van der Waals surface area contributed by atoms with Gasteiger partial charge in [0.2, 0.25) is 5.91 Å². The number of amides is 1. The van der Waals surface area contributed by atoms with Crippen LogP contribution in [0.25, 0.3) is 17.1 Å². The number of thioether (sulfide) groups is 1. The maximum Gasteiger partial charge on any atom is 0.405 e. The van der Waals surface area contributed by atoms with E-state index in [0.29, 0.717) is 22.2 Å². The third kappa shape index (κ3) is 5.10. The first-order valence-electron chi connectivity index (χ1n) is 8.06. The van der Waals surface area contributed by atoms with E-state index in [0.717, 1.165) is 11.8 Å². The molecular weight excluding hydrogens is 396 g/mol. The molecule has 0 aliphatic rings. The maximum absolute atomic E-state index is 13.2. The van der Waals surface area contributed by atoms with Crippen LogP contribution in [0.15, 0.2) is 59.8 Å². The quantitative estimate of drug-likeness (QED) is 0.496. The number of rotatable bonds is 6. The molecular formula is C18H14F4N4OS. The molecule has 0 radical (unpaired) electrons. The van der Waals surface area contributed by atoms with Crippen molar-refractivity contribution >= 4 is 17.7 Å². The first-order valence-corrected chi connectivity index (χ1v) is 9.05. The molecule has 0 spiro atoms. The number of hydrogen-bond acceptors (Lipinski definition) is 4. The third-order valence-corrected chi connectivity index (χ3v) is 4.50. The summed E-state index contributed by atoms with van der Waals surface area (Å²) < 4.78 is 51.5. The number of aromatic nitrogens is 3. The van der Waals surface area contributed by atoms with Crippen LogP contribution in [0.2, 0.25) is 0 Å². The average Bonchev–Trinajstić information content (AvgIpc) is 3.09. The zero-order valence-corrected chi connectivity index (χ0v) is 15.1. The zero-order valence-electron chi connectivity index (χ0n) is 14.3. The van der Waals surface area contributed by atoms with Gasteiger partial charge in [0, 0.05) is 11.3 Å². The van der Waals surface area contributed by atoms with E-state index in [1.54, 1.807) is 41.0 Å². The number of benzene rings is 2. The molecule has 146 valence electrons. The number of nitrogens with one attached hydrogen (secondary N) is 1. The number of nitrogens with zero attached hydrogens (tertiary/aromatic N) is 3. The Morgan fingerprint density at radius 1 is 1.04 bits per heavy atom. The molecule has 1 heterocycles. The summed E-state index contributed by atoms with van der Waals surface area (Å²) in [5, 5.41) is 10.3. The molecule has 0 aliphatic carbocycles. The van der Waals surface area contributed by atoms with Crippen LogP contribution in [0.5, 0.6) is 0 Å². The van der Waals surface area contributed by atoms with Gasteiger partial charge in [0.1, 0.15) is 12.4 Å². The van der Waals surface area contributed by atoms with Gasteiger partial charge in [-0.3, -0.25) is 9.36 Å². The molecule has 2 aromatic carbocycles. The normalized spacial score (nSPS) is 11.4. The van der Waals surface area contributed by atoms with E-state index >= 15 is 0 Å². The van der Waals surface area contributed by atoms with Crippen LogP contribution in [0.3, 0.4) is 0 Å². The summed E-state index contributed by atoms with van der Waals surface area (Å²) in [5.41, 5.74) is 1.30. The summed E-state index contributed by atoms with van der Waals surface area (Å²) >= 11 is 0.955. The summed E-state index contributed by atoms with van der Waals surface area (Å²) in [5.74, 6) is -1.01. The molecule has 1 N–H and O–H groups in total. The van der Waals surface area contributed by atoms with E-state index in [4.69, 9.17) is 0 Å². The van der Waals surface area contributed by atoms with Crippen molar-refractivity contribution in [3.63, 3.8) is 0 Å². The fourth-order valence-electron chi connectivity index (χ4n) is 2.34. The summed E-state index contributed by atoms with van der Waals surface area (Å²) in [6, 6.07) is 14.7. The Labute approximate surface area is 161 Å². The first kappa shape index (κ1) is 19.9. The molecule has 10 heteroatoms. The van der Waals surface area contributed by atoms with E-state index in [-0.39, 0.29) is 5.75 Å². The molecule has 0 atom stereocenters.